The molecule has 2 N–H and O–H groups in total. The van der Waals surface area contributed by atoms with Gasteiger partial charge in [0.1, 0.15) is 5.82 Å². The number of benzene rings is 1. The zero-order chi connectivity index (χ0) is 13.9. The number of anilines is 1. The zero-order valence-electron chi connectivity index (χ0n) is 12.2. The van der Waals surface area contributed by atoms with Crippen molar-refractivity contribution >= 4 is 16.7 Å². The van der Waals surface area contributed by atoms with Gasteiger partial charge >= 0.3 is 0 Å². The Balaban J connectivity index is 2.09. The van der Waals surface area contributed by atoms with Crippen molar-refractivity contribution in [3.63, 3.8) is 0 Å². The fourth-order valence-electron chi connectivity index (χ4n) is 3.06. The first kappa shape index (κ1) is 13.4. The lowest BCUT2D eigenvalue weighted by Crippen LogP contribution is -2.21. The number of aromatic nitrogens is 1. The zero-order valence-corrected chi connectivity index (χ0v) is 12.2. The van der Waals surface area contributed by atoms with Crippen molar-refractivity contribution in [1.82, 2.24) is 4.98 Å². The van der Waals surface area contributed by atoms with E-state index < -0.39 is 0 Å². The van der Waals surface area contributed by atoms with Crippen LogP contribution in [0.4, 0.5) is 5.82 Å². The maximum Gasteiger partial charge on any atom is 0.132 e. The first-order chi connectivity index (χ1) is 9.79. The molecular formula is C17H23N3. The lowest BCUT2D eigenvalue weighted by molar-refractivity contribution is 0.818. The lowest BCUT2D eigenvalue weighted by atomic mass is 10.0. The second kappa shape index (κ2) is 5.80. The minimum absolute atomic E-state index is 0.741. The van der Waals surface area contributed by atoms with E-state index in [-0.39, 0.29) is 0 Å². The van der Waals surface area contributed by atoms with E-state index in [1.165, 1.54) is 35.2 Å². The summed E-state index contributed by atoms with van der Waals surface area (Å²) in [7, 11) is 0. The van der Waals surface area contributed by atoms with E-state index in [1.807, 2.05) is 0 Å². The molecule has 1 fully saturated rings. The minimum atomic E-state index is 0.741. The van der Waals surface area contributed by atoms with Gasteiger partial charge < -0.3 is 10.6 Å². The third-order valence-electron chi connectivity index (χ3n) is 4.16. The van der Waals surface area contributed by atoms with E-state index in [1.54, 1.807) is 0 Å². The minimum Gasteiger partial charge on any atom is -0.356 e. The third kappa shape index (κ3) is 2.50. The predicted octanol–water partition coefficient (Wildman–Crippen LogP) is 3.03. The summed E-state index contributed by atoms with van der Waals surface area (Å²) in [5.74, 6) is 1.19. The number of hydrogen-bond acceptors (Lipinski definition) is 3. The molecule has 2 heterocycles. The molecule has 1 aliphatic rings. The van der Waals surface area contributed by atoms with Gasteiger partial charge in [0.25, 0.3) is 0 Å². The van der Waals surface area contributed by atoms with Crippen LogP contribution in [-0.2, 0) is 6.42 Å². The van der Waals surface area contributed by atoms with Crippen molar-refractivity contribution in [3.05, 3.63) is 35.4 Å². The molecular weight excluding hydrogens is 246 g/mol. The molecule has 0 radical (unpaired) electrons. The Morgan fingerprint density at radius 1 is 1.25 bits per heavy atom. The first-order valence-electron chi connectivity index (χ1n) is 7.64. The molecule has 20 heavy (non-hydrogen) atoms. The Bertz CT molecular complexity index is 600. The molecule has 1 saturated heterocycles. The summed E-state index contributed by atoms with van der Waals surface area (Å²) in [6.07, 6.45) is 4.62. The van der Waals surface area contributed by atoms with Gasteiger partial charge in [-0.2, -0.15) is 0 Å². The summed E-state index contributed by atoms with van der Waals surface area (Å²) >= 11 is 0. The molecule has 0 bridgehead atoms. The summed E-state index contributed by atoms with van der Waals surface area (Å²) in [6, 6.07) is 8.73. The van der Waals surface area contributed by atoms with Gasteiger partial charge in [0, 0.05) is 18.5 Å². The highest BCUT2D eigenvalue weighted by Crippen LogP contribution is 2.28. The molecule has 3 rings (SSSR count). The van der Waals surface area contributed by atoms with Crippen LogP contribution in [0.1, 0.15) is 30.4 Å². The van der Waals surface area contributed by atoms with Crippen molar-refractivity contribution in [3.8, 4) is 0 Å². The van der Waals surface area contributed by atoms with Crippen LogP contribution in [0.3, 0.4) is 0 Å². The van der Waals surface area contributed by atoms with Crippen LogP contribution in [-0.4, -0.2) is 24.6 Å². The largest absolute Gasteiger partial charge is 0.356 e. The van der Waals surface area contributed by atoms with E-state index in [9.17, 15) is 0 Å². The molecule has 1 aromatic heterocycles. The molecule has 0 saturated carbocycles. The molecule has 1 aromatic carbocycles. The second-order valence-corrected chi connectivity index (χ2v) is 5.70. The fraction of sp³-hybridized carbons (Fsp3) is 0.471. The molecule has 0 amide bonds. The SMILES string of the molecule is Cc1cccc2cc(CCCN)c(N3CCCC3)nc12. The Labute approximate surface area is 120 Å². The van der Waals surface area contributed by atoms with Gasteiger partial charge in [-0.3, -0.25) is 0 Å². The van der Waals surface area contributed by atoms with E-state index >= 15 is 0 Å². The van der Waals surface area contributed by atoms with Gasteiger partial charge in [-0.1, -0.05) is 18.2 Å². The van der Waals surface area contributed by atoms with E-state index in [0.29, 0.717) is 0 Å². The Kier molecular flexibility index (Phi) is 3.88. The average molecular weight is 269 g/mol. The van der Waals surface area contributed by atoms with Crippen molar-refractivity contribution in [2.24, 2.45) is 5.73 Å². The number of nitrogens with two attached hydrogens (primary N) is 1. The van der Waals surface area contributed by atoms with E-state index in [2.05, 4.69) is 36.1 Å². The second-order valence-electron chi connectivity index (χ2n) is 5.70. The molecule has 0 unspecified atom stereocenters. The highest BCUT2D eigenvalue weighted by Gasteiger charge is 2.18. The Morgan fingerprint density at radius 3 is 2.80 bits per heavy atom. The van der Waals surface area contributed by atoms with Gasteiger partial charge in [0.15, 0.2) is 0 Å². The van der Waals surface area contributed by atoms with Crippen molar-refractivity contribution < 1.29 is 0 Å². The number of rotatable bonds is 4. The normalized spacial score (nSPS) is 15.2. The molecule has 1 aliphatic heterocycles. The highest BCUT2D eigenvalue weighted by molar-refractivity contribution is 5.84. The Hall–Kier alpha value is -1.61. The van der Waals surface area contributed by atoms with Gasteiger partial charge in [0.05, 0.1) is 5.52 Å². The van der Waals surface area contributed by atoms with Crippen molar-refractivity contribution in [2.75, 3.05) is 24.5 Å². The topological polar surface area (TPSA) is 42.1 Å². The first-order valence-corrected chi connectivity index (χ1v) is 7.64. The molecule has 0 aliphatic carbocycles. The van der Waals surface area contributed by atoms with Crippen LogP contribution < -0.4 is 10.6 Å². The van der Waals surface area contributed by atoms with Gasteiger partial charge in [-0.15, -0.1) is 0 Å². The highest BCUT2D eigenvalue weighted by atomic mass is 15.2. The van der Waals surface area contributed by atoms with E-state index in [4.69, 9.17) is 10.7 Å². The average Bonchev–Trinajstić information content (AvgIpc) is 2.98. The number of pyridine rings is 1. The number of hydrogen-bond donors (Lipinski definition) is 1. The van der Waals surface area contributed by atoms with Crippen LogP contribution in [0, 0.1) is 6.92 Å². The maximum absolute atomic E-state index is 5.68. The van der Waals surface area contributed by atoms with Gasteiger partial charge in [-0.25, -0.2) is 4.98 Å². The summed E-state index contributed by atoms with van der Waals surface area (Å²) in [4.78, 5) is 7.44. The summed E-state index contributed by atoms with van der Waals surface area (Å²) in [5.41, 5.74) is 9.44. The monoisotopic (exact) mass is 269 g/mol. The molecule has 0 spiro atoms. The van der Waals surface area contributed by atoms with Crippen LogP contribution in [0.25, 0.3) is 10.9 Å². The molecule has 3 nitrogen and oxygen atoms in total. The number of para-hydroxylation sites is 1. The van der Waals surface area contributed by atoms with Crippen molar-refractivity contribution in [2.45, 2.75) is 32.6 Å². The molecule has 3 heteroatoms. The number of fused-ring (bicyclic) bond motifs is 1. The van der Waals surface area contributed by atoms with Crippen LogP contribution in [0.15, 0.2) is 24.3 Å². The lowest BCUT2D eigenvalue weighted by Gasteiger charge is -2.21. The van der Waals surface area contributed by atoms with Gasteiger partial charge in [0.2, 0.25) is 0 Å². The standard InChI is InChI=1S/C17H23N3/c1-13-6-4-7-14-12-15(8-5-9-18)17(19-16(13)14)20-10-2-3-11-20/h4,6-7,12H,2-3,5,8-11,18H2,1H3. The number of aryl methyl sites for hydroxylation is 2. The summed E-state index contributed by atoms with van der Waals surface area (Å²) < 4.78 is 0. The Morgan fingerprint density at radius 2 is 2.05 bits per heavy atom. The maximum atomic E-state index is 5.68. The predicted molar refractivity (Wildman–Crippen MR) is 85.3 cm³/mol. The van der Waals surface area contributed by atoms with Crippen LogP contribution in [0.5, 0.6) is 0 Å². The van der Waals surface area contributed by atoms with E-state index in [0.717, 1.165) is 38.0 Å². The number of nitrogens with zero attached hydrogens (tertiary/aromatic N) is 2. The van der Waals surface area contributed by atoms with Crippen LogP contribution in [0.2, 0.25) is 0 Å². The third-order valence-corrected chi connectivity index (χ3v) is 4.16. The summed E-state index contributed by atoms with van der Waals surface area (Å²) in [5, 5.41) is 1.25. The summed E-state index contributed by atoms with van der Waals surface area (Å²) in [6.45, 7) is 5.16. The quantitative estimate of drug-likeness (QED) is 0.927. The molecule has 2 aromatic rings. The van der Waals surface area contributed by atoms with Crippen LogP contribution >= 0.6 is 0 Å². The smallest absolute Gasteiger partial charge is 0.132 e. The fourth-order valence-corrected chi connectivity index (χ4v) is 3.06. The van der Waals surface area contributed by atoms with Gasteiger partial charge in [-0.05, 0) is 56.3 Å². The molecule has 0 atom stereocenters. The van der Waals surface area contributed by atoms with Crippen molar-refractivity contribution in [1.29, 1.82) is 0 Å². The molecule has 106 valence electrons.